The van der Waals surface area contributed by atoms with Crippen LogP contribution in [0.1, 0.15) is 43.4 Å². The molecule has 4 heteroatoms. The molecule has 2 aliphatic rings. The molecule has 2 unspecified atom stereocenters. The topological polar surface area (TPSA) is 50.5 Å². The number of hydrogen-bond acceptors (Lipinski definition) is 4. The molecule has 3 rings (SSSR count). The van der Waals surface area contributed by atoms with Gasteiger partial charge in [-0.2, -0.15) is 5.26 Å². The summed E-state index contributed by atoms with van der Waals surface area (Å²) in [5, 5.41) is 19.2. The van der Waals surface area contributed by atoms with E-state index in [9.17, 15) is 5.11 Å². The lowest BCUT2D eigenvalue weighted by atomic mass is 10.0. The predicted octanol–water partition coefficient (Wildman–Crippen LogP) is 2.28. The summed E-state index contributed by atoms with van der Waals surface area (Å²) in [6, 6.07) is 9.11. The number of fused-ring (bicyclic) bond motifs is 2. The number of nitrogens with zero attached hydrogens (tertiary/aromatic N) is 3. The van der Waals surface area contributed by atoms with Crippen molar-refractivity contribution in [3.8, 4) is 6.07 Å². The highest BCUT2D eigenvalue weighted by Gasteiger charge is 2.35. The van der Waals surface area contributed by atoms with E-state index in [1.54, 1.807) is 13.0 Å². The fraction of sp³-hybridized carbons (Fsp3) is 0.588. The van der Waals surface area contributed by atoms with Crippen LogP contribution >= 0.6 is 0 Å². The minimum atomic E-state index is -0.508. The zero-order valence-corrected chi connectivity index (χ0v) is 12.8. The Hall–Kier alpha value is -1.57. The molecule has 0 amide bonds. The van der Waals surface area contributed by atoms with Crippen LogP contribution in [-0.2, 0) is 0 Å². The Balaban J connectivity index is 1.94. The molecular formula is C17H23N3O. The van der Waals surface area contributed by atoms with Crippen LogP contribution in [0.15, 0.2) is 18.2 Å². The highest BCUT2D eigenvalue weighted by molar-refractivity contribution is 5.59. The van der Waals surface area contributed by atoms with E-state index in [1.807, 2.05) is 12.1 Å². The molecular weight excluding hydrogens is 262 g/mol. The summed E-state index contributed by atoms with van der Waals surface area (Å²) in [5.41, 5.74) is 2.62. The van der Waals surface area contributed by atoms with E-state index in [1.165, 1.54) is 12.8 Å². The van der Waals surface area contributed by atoms with E-state index in [0.717, 1.165) is 30.8 Å². The minimum Gasteiger partial charge on any atom is -0.389 e. The molecule has 0 radical (unpaired) electrons. The van der Waals surface area contributed by atoms with Gasteiger partial charge in [-0.25, -0.2) is 0 Å². The van der Waals surface area contributed by atoms with Gasteiger partial charge in [0.15, 0.2) is 0 Å². The van der Waals surface area contributed by atoms with Crippen LogP contribution in [0, 0.1) is 11.3 Å². The molecule has 21 heavy (non-hydrogen) atoms. The second kappa shape index (κ2) is 5.67. The smallest absolute Gasteiger partial charge is 0.0992 e. The fourth-order valence-corrected chi connectivity index (χ4v) is 3.77. The standard InChI is InChI=1S/C17H23N3O/c1-12(21)16-6-3-13(10-18)9-17(16)20-8-7-14-4-5-15(11-20)19(14)2/h3,6,9,12,14-15,21H,4-5,7-8,11H2,1-2H3/t12-,14?,15?/m0/s1. The molecule has 3 atom stereocenters. The first-order valence-corrected chi connectivity index (χ1v) is 7.79. The SMILES string of the molecule is C[C@H](O)c1ccc(C#N)cc1N1CCC2CCC(C1)N2C. The Labute approximate surface area is 126 Å². The van der Waals surface area contributed by atoms with Gasteiger partial charge in [0.2, 0.25) is 0 Å². The number of rotatable bonds is 2. The number of hydrogen-bond donors (Lipinski definition) is 1. The molecule has 0 saturated carbocycles. The number of likely N-dealkylation sites (N-methyl/N-ethyl adjacent to an activating group) is 1. The van der Waals surface area contributed by atoms with E-state index in [2.05, 4.69) is 22.9 Å². The Bertz CT molecular complexity index is 564. The Morgan fingerprint density at radius 1 is 1.29 bits per heavy atom. The lowest BCUT2D eigenvalue weighted by Crippen LogP contribution is -2.37. The Kier molecular flexibility index (Phi) is 3.88. The van der Waals surface area contributed by atoms with E-state index in [0.29, 0.717) is 17.6 Å². The first-order valence-electron chi connectivity index (χ1n) is 7.79. The first kappa shape index (κ1) is 14.4. The van der Waals surface area contributed by atoms with Crippen LogP contribution in [0.3, 0.4) is 0 Å². The van der Waals surface area contributed by atoms with Gasteiger partial charge in [-0.1, -0.05) is 6.07 Å². The summed E-state index contributed by atoms with van der Waals surface area (Å²) >= 11 is 0. The van der Waals surface area contributed by atoms with Crippen LogP contribution in [0.4, 0.5) is 5.69 Å². The summed E-state index contributed by atoms with van der Waals surface area (Å²) in [4.78, 5) is 4.87. The third-order valence-corrected chi connectivity index (χ3v) is 5.10. The van der Waals surface area contributed by atoms with Gasteiger partial charge in [-0.05, 0) is 45.4 Å². The number of aliphatic hydroxyl groups is 1. The molecule has 2 fully saturated rings. The summed E-state index contributed by atoms with van der Waals surface area (Å²) in [7, 11) is 2.23. The van der Waals surface area contributed by atoms with Gasteiger partial charge in [0.25, 0.3) is 0 Å². The van der Waals surface area contributed by atoms with Crippen LogP contribution < -0.4 is 4.90 Å². The largest absolute Gasteiger partial charge is 0.389 e. The first-order chi connectivity index (χ1) is 10.1. The zero-order chi connectivity index (χ0) is 15.0. The second-order valence-electron chi connectivity index (χ2n) is 6.35. The van der Waals surface area contributed by atoms with Gasteiger partial charge >= 0.3 is 0 Å². The zero-order valence-electron chi connectivity index (χ0n) is 12.8. The van der Waals surface area contributed by atoms with Gasteiger partial charge < -0.3 is 10.0 Å². The molecule has 0 spiro atoms. The fourth-order valence-electron chi connectivity index (χ4n) is 3.77. The number of anilines is 1. The summed E-state index contributed by atoms with van der Waals surface area (Å²) in [6.07, 6.45) is 3.20. The molecule has 2 bridgehead atoms. The third kappa shape index (κ3) is 2.64. The van der Waals surface area contributed by atoms with Gasteiger partial charge in [-0.15, -0.1) is 0 Å². The maximum Gasteiger partial charge on any atom is 0.0992 e. The van der Waals surface area contributed by atoms with Crippen molar-refractivity contribution in [3.05, 3.63) is 29.3 Å². The van der Waals surface area contributed by atoms with Crippen molar-refractivity contribution >= 4 is 5.69 Å². The Morgan fingerprint density at radius 3 is 2.76 bits per heavy atom. The lowest BCUT2D eigenvalue weighted by molar-refractivity contribution is 0.199. The van der Waals surface area contributed by atoms with Gasteiger partial charge in [-0.3, -0.25) is 4.90 Å². The molecule has 2 saturated heterocycles. The van der Waals surface area contributed by atoms with E-state index >= 15 is 0 Å². The van der Waals surface area contributed by atoms with Crippen LogP contribution in [0.5, 0.6) is 0 Å². The summed E-state index contributed by atoms with van der Waals surface area (Å²) in [6.45, 7) is 3.78. The molecule has 1 N–H and O–H groups in total. The van der Waals surface area contributed by atoms with E-state index in [-0.39, 0.29) is 0 Å². The number of benzene rings is 1. The van der Waals surface area contributed by atoms with Gasteiger partial charge in [0.1, 0.15) is 0 Å². The van der Waals surface area contributed by atoms with E-state index in [4.69, 9.17) is 5.26 Å². The normalized spacial score (nSPS) is 27.2. The predicted molar refractivity (Wildman–Crippen MR) is 83.2 cm³/mol. The van der Waals surface area contributed by atoms with Gasteiger partial charge in [0.05, 0.1) is 17.7 Å². The molecule has 2 heterocycles. The van der Waals surface area contributed by atoms with Crippen molar-refractivity contribution in [2.75, 3.05) is 25.0 Å². The quantitative estimate of drug-likeness (QED) is 0.906. The number of nitriles is 1. The van der Waals surface area contributed by atoms with Crippen LogP contribution in [-0.4, -0.2) is 42.2 Å². The summed E-state index contributed by atoms with van der Waals surface area (Å²) in [5.74, 6) is 0. The number of aliphatic hydroxyl groups excluding tert-OH is 1. The molecule has 1 aromatic rings. The third-order valence-electron chi connectivity index (χ3n) is 5.10. The van der Waals surface area contributed by atoms with Crippen molar-refractivity contribution in [1.29, 1.82) is 5.26 Å². The van der Waals surface area contributed by atoms with Crippen LogP contribution in [0.2, 0.25) is 0 Å². The summed E-state index contributed by atoms with van der Waals surface area (Å²) < 4.78 is 0. The lowest BCUT2D eigenvalue weighted by Gasteiger charge is -2.30. The van der Waals surface area contributed by atoms with Crippen molar-refractivity contribution in [3.63, 3.8) is 0 Å². The monoisotopic (exact) mass is 285 g/mol. The highest BCUT2D eigenvalue weighted by atomic mass is 16.3. The maximum absolute atomic E-state index is 10.0. The average Bonchev–Trinajstić information content (AvgIpc) is 2.71. The van der Waals surface area contributed by atoms with Crippen molar-refractivity contribution in [1.82, 2.24) is 4.90 Å². The molecule has 0 aliphatic carbocycles. The second-order valence-corrected chi connectivity index (χ2v) is 6.35. The molecule has 112 valence electrons. The molecule has 4 nitrogen and oxygen atoms in total. The van der Waals surface area contributed by atoms with Crippen molar-refractivity contribution < 1.29 is 5.11 Å². The highest BCUT2D eigenvalue weighted by Crippen LogP contribution is 2.34. The molecule has 2 aliphatic heterocycles. The van der Waals surface area contributed by atoms with Crippen LogP contribution in [0.25, 0.3) is 0 Å². The molecule has 0 aromatic heterocycles. The maximum atomic E-state index is 10.0. The average molecular weight is 285 g/mol. The molecule has 1 aromatic carbocycles. The van der Waals surface area contributed by atoms with E-state index < -0.39 is 6.10 Å². The minimum absolute atomic E-state index is 0.508. The Morgan fingerprint density at radius 2 is 2.05 bits per heavy atom. The van der Waals surface area contributed by atoms with Gasteiger partial charge in [0, 0.05) is 36.4 Å². The van der Waals surface area contributed by atoms with Crippen molar-refractivity contribution in [2.24, 2.45) is 0 Å². The van der Waals surface area contributed by atoms with Crippen molar-refractivity contribution in [2.45, 2.75) is 44.4 Å².